The monoisotopic (exact) mass is 504 g/mol. The number of benzene rings is 1. The number of aromatic nitrogens is 5. The second-order valence-corrected chi connectivity index (χ2v) is 10.3. The lowest BCUT2D eigenvalue weighted by molar-refractivity contribution is -0.0115. The molecule has 0 saturated carbocycles. The Morgan fingerprint density at radius 3 is 2.65 bits per heavy atom. The van der Waals surface area contributed by atoms with Crippen LogP contribution in [0.15, 0.2) is 36.8 Å². The first-order valence-corrected chi connectivity index (χ1v) is 12.7. The van der Waals surface area contributed by atoms with Crippen LogP contribution in [-0.2, 0) is 6.54 Å². The highest BCUT2D eigenvalue weighted by Crippen LogP contribution is 2.33. The highest BCUT2D eigenvalue weighted by Gasteiger charge is 2.39. The fraction of sp³-hybridized carbons (Fsp3) is 0.407. The number of rotatable bonds is 6. The molecule has 0 radical (unpaired) electrons. The van der Waals surface area contributed by atoms with Crippen LogP contribution in [0.3, 0.4) is 0 Å². The maximum atomic E-state index is 15.0. The number of piperidine rings is 1. The Labute approximate surface area is 214 Å². The molecule has 2 aliphatic rings. The van der Waals surface area contributed by atoms with Gasteiger partial charge in [-0.2, -0.15) is 0 Å². The van der Waals surface area contributed by atoms with Crippen LogP contribution in [0.5, 0.6) is 0 Å². The molecule has 0 amide bonds. The number of nitrogens with zero attached hydrogens (tertiary/aromatic N) is 6. The molecule has 8 nitrogen and oxygen atoms in total. The zero-order chi connectivity index (χ0) is 25.7. The molecular formula is C27H30F2N8. The summed E-state index contributed by atoms with van der Waals surface area (Å²) in [5.41, 5.74) is 2.60. The Bertz CT molecular complexity index is 1450. The Hall–Kier alpha value is -3.50. The number of hydrogen-bond acceptors (Lipinski definition) is 7. The Kier molecular flexibility index (Phi) is 6.08. The van der Waals surface area contributed by atoms with Crippen LogP contribution in [0, 0.1) is 24.5 Å². The molecule has 4 aromatic rings. The molecule has 2 aliphatic heterocycles. The largest absolute Gasteiger partial charge is 0.326 e. The molecule has 1 aromatic carbocycles. The standard InChI is InChI=1S/C27H30F2N8/c1-15(2)37-16(3)34-26-21(28)6-19(7-23(26)37)20-8-25(31-11-22(20)29)35-27-32-9-17(10-33-27)13-36-14-18-4-5-30-12-24(18)36/h6-11,15,18,24,30H,4-5,12-14H2,1-3H3,(H,31,32,33,35)/t18-,24-/m1/s1. The molecule has 0 aliphatic carbocycles. The van der Waals surface area contributed by atoms with Gasteiger partial charge in [-0.1, -0.05) is 0 Å². The van der Waals surface area contributed by atoms with E-state index in [1.807, 2.05) is 37.7 Å². The van der Waals surface area contributed by atoms with Gasteiger partial charge in [0, 0.05) is 55.2 Å². The number of likely N-dealkylation sites (tertiary alicyclic amines) is 1. The predicted octanol–water partition coefficient (Wildman–Crippen LogP) is 4.59. The number of anilines is 2. The van der Waals surface area contributed by atoms with E-state index in [2.05, 4.69) is 35.5 Å². The molecule has 10 heteroatoms. The first kappa shape index (κ1) is 23.9. The molecule has 37 heavy (non-hydrogen) atoms. The summed E-state index contributed by atoms with van der Waals surface area (Å²) < 4.78 is 31.8. The number of pyridine rings is 1. The number of fused-ring (bicyclic) bond motifs is 2. The molecule has 0 unspecified atom stereocenters. The van der Waals surface area contributed by atoms with Gasteiger partial charge in [0.25, 0.3) is 0 Å². The average Bonchev–Trinajstić information content (AvgIpc) is 3.21. The van der Waals surface area contributed by atoms with E-state index in [0.717, 1.165) is 43.9 Å². The van der Waals surface area contributed by atoms with E-state index in [1.54, 1.807) is 12.1 Å². The van der Waals surface area contributed by atoms with Crippen molar-refractivity contribution in [3.8, 4) is 11.1 Å². The van der Waals surface area contributed by atoms with E-state index in [9.17, 15) is 8.78 Å². The lowest BCUT2D eigenvalue weighted by Gasteiger charge is -2.51. The predicted molar refractivity (Wildman–Crippen MR) is 138 cm³/mol. The third-order valence-electron chi connectivity index (χ3n) is 7.47. The minimum Gasteiger partial charge on any atom is -0.326 e. The van der Waals surface area contributed by atoms with Gasteiger partial charge < -0.3 is 15.2 Å². The van der Waals surface area contributed by atoms with Crippen molar-refractivity contribution in [2.45, 2.75) is 45.8 Å². The van der Waals surface area contributed by atoms with E-state index < -0.39 is 11.6 Å². The number of halogens is 2. The maximum Gasteiger partial charge on any atom is 0.228 e. The number of nitrogens with one attached hydrogen (secondary N) is 2. The van der Waals surface area contributed by atoms with Crippen molar-refractivity contribution in [1.82, 2.24) is 34.7 Å². The second kappa shape index (κ2) is 9.42. The molecule has 192 valence electrons. The lowest BCUT2D eigenvalue weighted by atomic mass is 9.83. The zero-order valence-electron chi connectivity index (χ0n) is 21.2. The van der Waals surface area contributed by atoms with E-state index in [0.29, 0.717) is 34.7 Å². The van der Waals surface area contributed by atoms with E-state index in [-0.39, 0.29) is 17.1 Å². The molecule has 2 atom stereocenters. The van der Waals surface area contributed by atoms with Crippen LogP contribution >= 0.6 is 0 Å². The minimum absolute atomic E-state index is 0.0844. The average molecular weight is 505 g/mol. The maximum absolute atomic E-state index is 15.0. The molecule has 2 saturated heterocycles. The molecule has 3 aromatic heterocycles. The van der Waals surface area contributed by atoms with Gasteiger partial charge in [0.1, 0.15) is 23.0 Å². The van der Waals surface area contributed by atoms with Crippen molar-refractivity contribution >= 4 is 22.8 Å². The third kappa shape index (κ3) is 4.44. The molecular weight excluding hydrogens is 474 g/mol. The summed E-state index contributed by atoms with van der Waals surface area (Å²) in [4.78, 5) is 19.8. The SMILES string of the molecule is Cc1nc2c(F)cc(-c3cc(Nc4ncc(CN5C[C@H]6CCNC[C@H]65)cn4)ncc3F)cc2n1C(C)C. The molecule has 5 heterocycles. The first-order valence-electron chi connectivity index (χ1n) is 12.7. The molecule has 6 rings (SSSR count). The van der Waals surface area contributed by atoms with Crippen LogP contribution in [-0.4, -0.2) is 55.1 Å². The van der Waals surface area contributed by atoms with E-state index >= 15 is 0 Å². The minimum atomic E-state index is -0.544. The van der Waals surface area contributed by atoms with Gasteiger partial charge in [-0.15, -0.1) is 0 Å². The Morgan fingerprint density at radius 2 is 1.89 bits per heavy atom. The van der Waals surface area contributed by atoms with Gasteiger partial charge in [0.15, 0.2) is 5.82 Å². The fourth-order valence-electron chi connectivity index (χ4n) is 5.67. The van der Waals surface area contributed by atoms with Crippen molar-refractivity contribution in [1.29, 1.82) is 0 Å². The fourth-order valence-corrected chi connectivity index (χ4v) is 5.67. The summed E-state index contributed by atoms with van der Waals surface area (Å²) in [6.45, 7) is 9.95. The van der Waals surface area contributed by atoms with Gasteiger partial charge in [-0.25, -0.2) is 28.7 Å². The summed E-state index contributed by atoms with van der Waals surface area (Å²) in [5, 5.41) is 6.51. The summed E-state index contributed by atoms with van der Waals surface area (Å²) in [6.07, 6.45) is 5.98. The third-order valence-corrected chi connectivity index (χ3v) is 7.47. The summed E-state index contributed by atoms with van der Waals surface area (Å²) in [7, 11) is 0. The van der Waals surface area contributed by atoms with Gasteiger partial charge in [-0.3, -0.25) is 4.90 Å². The molecule has 2 N–H and O–H groups in total. The quantitative estimate of drug-likeness (QED) is 0.397. The van der Waals surface area contributed by atoms with E-state index in [1.165, 1.54) is 12.5 Å². The molecule has 0 bridgehead atoms. The van der Waals surface area contributed by atoms with Crippen molar-refractivity contribution in [3.63, 3.8) is 0 Å². The summed E-state index contributed by atoms with van der Waals surface area (Å²) in [5.74, 6) is 1.21. The second-order valence-electron chi connectivity index (χ2n) is 10.3. The highest BCUT2D eigenvalue weighted by atomic mass is 19.1. The van der Waals surface area contributed by atoms with E-state index in [4.69, 9.17) is 0 Å². The Morgan fingerprint density at radius 1 is 1.08 bits per heavy atom. The van der Waals surface area contributed by atoms with Gasteiger partial charge in [0.2, 0.25) is 5.95 Å². The number of hydrogen-bond donors (Lipinski definition) is 2. The topological polar surface area (TPSA) is 83.8 Å². The van der Waals surface area contributed by atoms with Crippen LogP contribution in [0.2, 0.25) is 0 Å². The highest BCUT2D eigenvalue weighted by molar-refractivity contribution is 5.84. The summed E-state index contributed by atoms with van der Waals surface area (Å²) >= 11 is 0. The number of aryl methyl sites for hydroxylation is 1. The van der Waals surface area contributed by atoms with Crippen LogP contribution < -0.4 is 10.6 Å². The lowest BCUT2D eigenvalue weighted by Crippen LogP contribution is -2.62. The van der Waals surface area contributed by atoms with Gasteiger partial charge in [0.05, 0.1) is 11.7 Å². The van der Waals surface area contributed by atoms with Crippen LogP contribution in [0.1, 0.15) is 37.7 Å². The molecule has 0 spiro atoms. The normalized spacial score (nSPS) is 19.7. The van der Waals surface area contributed by atoms with Gasteiger partial charge >= 0.3 is 0 Å². The smallest absolute Gasteiger partial charge is 0.228 e. The van der Waals surface area contributed by atoms with Gasteiger partial charge in [-0.05, 0) is 63.4 Å². The number of imidazole rings is 1. The van der Waals surface area contributed by atoms with Crippen molar-refractivity contribution < 1.29 is 8.78 Å². The van der Waals surface area contributed by atoms with Crippen molar-refractivity contribution in [2.24, 2.45) is 5.92 Å². The summed E-state index contributed by atoms with van der Waals surface area (Å²) in [6, 6.07) is 5.32. The van der Waals surface area contributed by atoms with Crippen LogP contribution in [0.25, 0.3) is 22.2 Å². The van der Waals surface area contributed by atoms with Crippen LogP contribution in [0.4, 0.5) is 20.5 Å². The first-order chi connectivity index (χ1) is 17.9. The molecule has 2 fully saturated rings. The van der Waals surface area contributed by atoms with Crippen molar-refractivity contribution in [2.75, 3.05) is 25.0 Å². The van der Waals surface area contributed by atoms with Crippen molar-refractivity contribution in [3.05, 3.63) is 59.8 Å². The Balaban J connectivity index is 1.22. The zero-order valence-corrected chi connectivity index (χ0v) is 21.2.